The van der Waals surface area contributed by atoms with Gasteiger partial charge in [0.15, 0.2) is 6.61 Å². The van der Waals surface area contributed by atoms with Gasteiger partial charge in [0.25, 0.3) is 5.91 Å². The molecule has 2 N–H and O–H groups in total. The molecule has 0 fully saturated rings. The van der Waals surface area contributed by atoms with E-state index in [2.05, 4.69) is 10.6 Å². The number of anilines is 2. The summed E-state index contributed by atoms with van der Waals surface area (Å²) in [6.45, 7) is -0.0697. The second-order valence-corrected chi connectivity index (χ2v) is 7.93. The normalized spacial score (nSPS) is 12.9. The van der Waals surface area contributed by atoms with Gasteiger partial charge < -0.3 is 15.4 Å². The van der Waals surface area contributed by atoms with Gasteiger partial charge in [-0.2, -0.15) is 0 Å². The Morgan fingerprint density at radius 1 is 1.14 bits per heavy atom. The first-order valence-corrected chi connectivity index (χ1v) is 10.1. The SMILES string of the molecule is O=C(CSc1cccc2cccc(Cl)c12)Nc1cc2c(cc1Cl)NC(=O)CO2. The molecule has 0 spiro atoms. The van der Waals surface area contributed by atoms with Crippen LogP contribution >= 0.6 is 35.0 Å². The summed E-state index contributed by atoms with van der Waals surface area (Å²) < 4.78 is 5.36. The molecule has 5 nitrogen and oxygen atoms in total. The van der Waals surface area contributed by atoms with Gasteiger partial charge in [0.2, 0.25) is 5.91 Å². The van der Waals surface area contributed by atoms with Crippen molar-refractivity contribution in [1.82, 2.24) is 0 Å². The van der Waals surface area contributed by atoms with Gasteiger partial charge in [0.05, 0.1) is 22.2 Å². The fourth-order valence-corrected chi connectivity index (χ4v) is 4.36. The minimum absolute atomic E-state index is 0.0697. The Morgan fingerprint density at radius 2 is 1.93 bits per heavy atom. The number of thioether (sulfide) groups is 1. The summed E-state index contributed by atoms with van der Waals surface area (Å²) in [4.78, 5) is 24.8. The van der Waals surface area contributed by atoms with Crippen molar-refractivity contribution in [3.63, 3.8) is 0 Å². The van der Waals surface area contributed by atoms with Gasteiger partial charge in [-0.15, -0.1) is 11.8 Å². The Bertz CT molecular complexity index is 1100. The first-order chi connectivity index (χ1) is 13.5. The van der Waals surface area contributed by atoms with Crippen molar-refractivity contribution in [2.45, 2.75) is 4.90 Å². The molecule has 1 aliphatic rings. The van der Waals surface area contributed by atoms with Crippen LogP contribution in [0.5, 0.6) is 5.75 Å². The lowest BCUT2D eigenvalue weighted by atomic mass is 10.1. The summed E-state index contributed by atoms with van der Waals surface area (Å²) in [7, 11) is 0. The standard InChI is InChI=1S/C20H14Cl2N2O3S/c21-12-5-1-3-11-4-2-6-17(20(11)12)28-10-19(26)23-14-8-16-15(7-13(14)22)24-18(25)9-27-16/h1-8H,9-10H2,(H,23,26)(H,24,25). The Hall–Kier alpha value is -2.41. The van der Waals surface area contributed by atoms with Gasteiger partial charge in [0.1, 0.15) is 5.75 Å². The summed E-state index contributed by atoms with van der Waals surface area (Å²) in [6.07, 6.45) is 0. The highest BCUT2D eigenvalue weighted by Gasteiger charge is 2.19. The first-order valence-electron chi connectivity index (χ1n) is 8.37. The molecule has 0 atom stereocenters. The van der Waals surface area contributed by atoms with Gasteiger partial charge >= 0.3 is 0 Å². The predicted molar refractivity (Wildman–Crippen MR) is 114 cm³/mol. The van der Waals surface area contributed by atoms with E-state index in [1.807, 2.05) is 36.4 Å². The molecule has 0 unspecified atom stereocenters. The average molecular weight is 433 g/mol. The largest absolute Gasteiger partial charge is 0.482 e. The van der Waals surface area contributed by atoms with E-state index in [0.717, 1.165) is 15.7 Å². The van der Waals surface area contributed by atoms with E-state index < -0.39 is 0 Å². The molecule has 0 saturated carbocycles. The lowest BCUT2D eigenvalue weighted by Gasteiger charge is -2.19. The number of amides is 2. The molecule has 0 bridgehead atoms. The van der Waals surface area contributed by atoms with E-state index in [4.69, 9.17) is 27.9 Å². The molecular weight excluding hydrogens is 419 g/mol. The summed E-state index contributed by atoms with van der Waals surface area (Å²) in [5.74, 6) is 0.198. The van der Waals surface area contributed by atoms with Crippen molar-refractivity contribution < 1.29 is 14.3 Å². The number of fused-ring (bicyclic) bond motifs is 2. The van der Waals surface area contributed by atoms with Crippen LogP contribution in [0.4, 0.5) is 11.4 Å². The van der Waals surface area contributed by atoms with Crippen LogP contribution < -0.4 is 15.4 Å². The van der Waals surface area contributed by atoms with Gasteiger partial charge in [-0.05, 0) is 23.6 Å². The highest BCUT2D eigenvalue weighted by atomic mass is 35.5. The molecule has 3 aromatic carbocycles. The van der Waals surface area contributed by atoms with Crippen LogP contribution in [0.15, 0.2) is 53.4 Å². The number of carbonyl (C=O) groups excluding carboxylic acids is 2. The van der Waals surface area contributed by atoms with Crippen LogP contribution in [-0.4, -0.2) is 24.2 Å². The van der Waals surface area contributed by atoms with Crippen molar-refractivity contribution in [1.29, 1.82) is 0 Å². The maximum Gasteiger partial charge on any atom is 0.262 e. The van der Waals surface area contributed by atoms with Crippen molar-refractivity contribution in [2.75, 3.05) is 23.0 Å². The molecule has 28 heavy (non-hydrogen) atoms. The first kappa shape index (κ1) is 18.9. The zero-order valence-electron chi connectivity index (χ0n) is 14.4. The molecule has 0 aromatic heterocycles. The van der Waals surface area contributed by atoms with Crippen LogP contribution in [0.25, 0.3) is 10.8 Å². The molecule has 0 radical (unpaired) electrons. The van der Waals surface area contributed by atoms with Crippen molar-refractivity contribution in [3.05, 3.63) is 58.6 Å². The van der Waals surface area contributed by atoms with Crippen LogP contribution in [0, 0.1) is 0 Å². The highest BCUT2D eigenvalue weighted by molar-refractivity contribution is 8.00. The zero-order chi connectivity index (χ0) is 19.7. The van der Waals surface area contributed by atoms with Crippen LogP contribution in [-0.2, 0) is 9.59 Å². The third-order valence-corrected chi connectivity index (χ3v) is 5.84. The number of nitrogens with one attached hydrogen (secondary N) is 2. The summed E-state index contributed by atoms with van der Waals surface area (Å²) in [5.41, 5.74) is 0.914. The van der Waals surface area contributed by atoms with Crippen molar-refractivity contribution >= 4 is 68.9 Å². The van der Waals surface area contributed by atoms with E-state index in [9.17, 15) is 9.59 Å². The van der Waals surface area contributed by atoms with Crippen LogP contribution in [0.1, 0.15) is 0 Å². The number of halogens is 2. The molecule has 8 heteroatoms. The number of carbonyl (C=O) groups is 2. The Labute approximate surface area is 175 Å². The predicted octanol–water partition coefficient (Wildman–Crippen LogP) is 5.21. The van der Waals surface area contributed by atoms with Crippen molar-refractivity contribution in [2.24, 2.45) is 0 Å². The molecule has 0 saturated heterocycles. The maximum absolute atomic E-state index is 12.4. The smallest absolute Gasteiger partial charge is 0.262 e. The van der Waals surface area contributed by atoms with E-state index in [-0.39, 0.29) is 24.2 Å². The van der Waals surface area contributed by atoms with Gasteiger partial charge in [-0.3, -0.25) is 9.59 Å². The monoisotopic (exact) mass is 432 g/mol. The second kappa shape index (κ2) is 7.91. The number of ether oxygens (including phenoxy) is 1. The number of benzene rings is 3. The maximum atomic E-state index is 12.4. The number of hydrogen-bond donors (Lipinski definition) is 2. The zero-order valence-corrected chi connectivity index (χ0v) is 16.8. The molecular formula is C20H14Cl2N2O3S. The summed E-state index contributed by atoms with van der Waals surface area (Å²) in [5, 5.41) is 8.38. The van der Waals surface area contributed by atoms with E-state index >= 15 is 0 Å². The van der Waals surface area contributed by atoms with Crippen molar-refractivity contribution in [3.8, 4) is 5.75 Å². The Balaban J connectivity index is 1.48. The average Bonchev–Trinajstić information content (AvgIpc) is 2.67. The third kappa shape index (κ3) is 3.90. The molecule has 0 aliphatic carbocycles. The van der Waals surface area contributed by atoms with E-state index in [1.165, 1.54) is 11.8 Å². The van der Waals surface area contributed by atoms with Gasteiger partial charge in [-0.1, -0.05) is 47.5 Å². The minimum atomic E-state index is -0.245. The Kier molecular flexibility index (Phi) is 5.35. The molecule has 1 aliphatic heterocycles. The Morgan fingerprint density at radius 3 is 2.75 bits per heavy atom. The summed E-state index contributed by atoms with van der Waals surface area (Å²) in [6, 6.07) is 14.7. The van der Waals surface area contributed by atoms with Crippen LogP contribution in [0.3, 0.4) is 0 Å². The topological polar surface area (TPSA) is 67.4 Å². The molecule has 1 heterocycles. The second-order valence-electron chi connectivity index (χ2n) is 6.10. The lowest BCUT2D eigenvalue weighted by molar-refractivity contribution is -0.118. The third-order valence-electron chi connectivity index (χ3n) is 4.15. The van der Waals surface area contributed by atoms with Gasteiger partial charge in [-0.25, -0.2) is 0 Å². The number of hydrogen-bond acceptors (Lipinski definition) is 4. The van der Waals surface area contributed by atoms with Crippen LogP contribution in [0.2, 0.25) is 10.0 Å². The molecule has 142 valence electrons. The minimum Gasteiger partial charge on any atom is -0.482 e. The van der Waals surface area contributed by atoms with E-state index in [0.29, 0.717) is 27.2 Å². The number of rotatable bonds is 4. The molecule has 4 rings (SSSR count). The quantitative estimate of drug-likeness (QED) is 0.555. The highest BCUT2D eigenvalue weighted by Crippen LogP contribution is 2.37. The lowest BCUT2D eigenvalue weighted by Crippen LogP contribution is -2.25. The fraction of sp³-hybridized carbons (Fsp3) is 0.100. The fourth-order valence-electron chi connectivity index (χ4n) is 2.91. The van der Waals surface area contributed by atoms with Gasteiger partial charge in [0, 0.05) is 21.4 Å². The van der Waals surface area contributed by atoms with E-state index in [1.54, 1.807) is 12.1 Å². The molecule has 2 amide bonds. The summed E-state index contributed by atoms with van der Waals surface area (Å²) >= 11 is 14.0. The molecule has 3 aromatic rings.